The molecule has 0 radical (unpaired) electrons. The third-order valence-corrected chi connectivity index (χ3v) is 5.86. The lowest BCUT2D eigenvalue weighted by molar-refractivity contribution is -0.120. The maximum absolute atomic E-state index is 12.6. The molecule has 0 aliphatic carbocycles. The number of amides is 2. The van der Waals surface area contributed by atoms with Gasteiger partial charge in [0.1, 0.15) is 6.26 Å². The van der Waals surface area contributed by atoms with E-state index in [1.54, 1.807) is 0 Å². The summed E-state index contributed by atoms with van der Waals surface area (Å²) < 4.78 is 16.2. The van der Waals surface area contributed by atoms with Crippen LogP contribution in [-0.4, -0.2) is 41.6 Å². The molecule has 8 heteroatoms. The number of ether oxygens (including phenoxy) is 2. The number of carbonyl (C=O) groups excluding carboxylic acids is 2. The molecule has 1 aromatic heterocycles. The van der Waals surface area contributed by atoms with Crippen molar-refractivity contribution in [2.45, 2.75) is 32.2 Å². The van der Waals surface area contributed by atoms with Crippen molar-refractivity contribution in [3.63, 3.8) is 0 Å². The molecule has 0 bridgehead atoms. The largest absolute Gasteiger partial charge is 0.454 e. The molecule has 1 fully saturated rings. The fourth-order valence-corrected chi connectivity index (χ4v) is 4.03. The van der Waals surface area contributed by atoms with Gasteiger partial charge in [0.25, 0.3) is 5.91 Å². The summed E-state index contributed by atoms with van der Waals surface area (Å²) in [7, 11) is 0. The van der Waals surface area contributed by atoms with Gasteiger partial charge in [0, 0.05) is 25.2 Å². The van der Waals surface area contributed by atoms with Gasteiger partial charge in [-0.15, -0.1) is 0 Å². The Bertz CT molecular complexity index is 1150. The first-order chi connectivity index (χ1) is 16.2. The van der Waals surface area contributed by atoms with Crippen LogP contribution in [0, 0.1) is 0 Å². The zero-order chi connectivity index (χ0) is 22.6. The van der Waals surface area contributed by atoms with E-state index in [0.717, 1.165) is 42.6 Å². The molecule has 0 spiro atoms. The van der Waals surface area contributed by atoms with E-state index in [0.29, 0.717) is 29.6 Å². The number of aromatic nitrogens is 1. The number of hydrogen-bond donors (Lipinski definition) is 1. The van der Waals surface area contributed by atoms with E-state index >= 15 is 0 Å². The first-order valence-corrected chi connectivity index (χ1v) is 11.1. The molecule has 2 amide bonds. The van der Waals surface area contributed by atoms with E-state index in [1.165, 1.54) is 12.7 Å². The van der Waals surface area contributed by atoms with E-state index in [-0.39, 0.29) is 25.0 Å². The number of hydrogen-bond acceptors (Lipinski definition) is 6. The lowest BCUT2D eigenvalue weighted by Crippen LogP contribution is -2.35. The quantitative estimate of drug-likeness (QED) is 0.621. The molecule has 1 N–H and O–H groups in total. The van der Waals surface area contributed by atoms with Gasteiger partial charge in [0.05, 0.1) is 6.42 Å². The van der Waals surface area contributed by atoms with Gasteiger partial charge in [-0.3, -0.25) is 9.59 Å². The predicted octanol–water partition coefficient (Wildman–Crippen LogP) is 3.56. The van der Waals surface area contributed by atoms with Crippen LogP contribution in [0.4, 0.5) is 0 Å². The summed E-state index contributed by atoms with van der Waals surface area (Å²) in [6.07, 6.45) is 4.92. The minimum atomic E-state index is -0.0773. The van der Waals surface area contributed by atoms with Gasteiger partial charge in [-0.05, 0) is 54.7 Å². The van der Waals surface area contributed by atoms with Crippen LogP contribution in [-0.2, 0) is 17.8 Å². The maximum atomic E-state index is 12.6. The number of rotatable bonds is 6. The smallest absolute Gasteiger partial charge is 0.275 e. The molecule has 170 valence electrons. The summed E-state index contributed by atoms with van der Waals surface area (Å²) in [6.45, 7) is 2.17. The fourth-order valence-electron chi connectivity index (χ4n) is 4.03. The molecule has 3 aromatic rings. The van der Waals surface area contributed by atoms with Crippen LogP contribution < -0.4 is 14.8 Å². The average Bonchev–Trinajstić information content (AvgIpc) is 3.53. The molecule has 0 atom stereocenters. The number of nitrogens with one attached hydrogen (secondary N) is 1. The van der Waals surface area contributed by atoms with Crippen LogP contribution in [0.3, 0.4) is 0 Å². The van der Waals surface area contributed by atoms with E-state index < -0.39 is 0 Å². The molecule has 2 aliphatic heterocycles. The molecule has 8 nitrogen and oxygen atoms in total. The molecular weight excluding hydrogens is 422 g/mol. The molecule has 33 heavy (non-hydrogen) atoms. The normalized spacial score (nSPS) is 14.8. The number of nitrogens with zero attached hydrogens (tertiary/aromatic N) is 2. The minimum absolute atomic E-state index is 0.0773. The van der Waals surface area contributed by atoms with Gasteiger partial charge in [-0.25, -0.2) is 4.98 Å². The summed E-state index contributed by atoms with van der Waals surface area (Å²) in [6, 6.07) is 13.1. The van der Waals surface area contributed by atoms with Crippen molar-refractivity contribution in [3.8, 4) is 23.0 Å². The van der Waals surface area contributed by atoms with Crippen LogP contribution in [0.25, 0.3) is 11.5 Å². The lowest BCUT2D eigenvalue weighted by Gasteiger charge is -2.25. The van der Waals surface area contributed by atoms with Crippen LogP contribution in [0.2, 0.25) is 0 Å². The highest BCUT2D eigenvalue weighted by Crippen LogP contribution is 2.32. The number of likely N-dealkylation sites (tertiary alicyclic amines) is 1. The Morgan fingerprint density at radius 1 is 0.939 bits per heavy atom. The van der Waals surface area contributed by atoms with Crippen molar-refractivity contribution < 1.29 is 23.5 Å². The van der Waals surface area contributed by atoms with E-state index in [1.807, 2.05) is 47.4 Å². The Kier molecular flexibility index (Phi) is 5.97. The van der Waals surface area contributed by atoms with Gasteiger partial charge in [0.2, 0.25) is 18.6 Å². The molecule has 2 aromatic carbocycles. The molecule has 1 saturated heterocycles. The van der Waals surface area contributed by atoms with Crippen molar-refractivity contribution in [3.05, 3.63) is 65.5 Å². The highest BCUT2D eigenvalue weighted by atomic mass is 16.7. The van der Waals surface area contributed by atoms with E-state index in [2.05, 4.69) is 10.3 Å². The Balaban J connectivity index is 1.15. The second-order valence-electron chi connectivity index (χ2n) is 8.23. The first-order valence-electron chi connectivity index (χ1n) is 11.1. The Hall–Kier alpha value is -3.81. The highest BCUT2D eigenvalue weighted by Gasteiger charge is 2.21. The topological polar surface area (TPSA) is 93.9 Å². The second kappa shape index (κ2) is 9.36. The monoisotopic (exact) mass is 447 g/mol. The summed E-state index contributed by atoms with van der Waals surface area (Å²) in [5, 5.41) is 2.93. The summed E-state index contributed by atoms with van der Waals surface area (Å²) in [4.78, 5) is 31.1. The number of piperidine rings is 1. The summed E-state index contributed by atoms with van der Waals surface area (Å²) in [5.41, 5.74) is 2.94. The highest BCUT2D eigenvalue weighted by molar-refractivity contribution is 5.92. The standard InChI is InChI=1S/C25H25N3O5/c29-23(13-18-6-9-21-22(12-18)33-16-32-21)26-14-17-4-7-19(8-5-17)24-27-20(15-31-24)25(30)28-10-2-1-3-11-28/h4-9,12,15H,1-3,10-11,13-14,16H2,(H,26,29). The minimum Gasteiger partial charge on any atom is -0.454 e. The zero-order valence-corrected chi connectivity index (χ0v) is 18.2. The molecule has 3 heterocycles. The van der Waals surface area contributed by atoms with Crippen LogP contribution in [0.15, 0.2) is 53.1 Å². The lowest BCUT2D eigenvalue weighted by atomic mass is 10.1. The first kappa shape index (κ1) is 21.1. The van der Waals surface area contributed by atoms with Crippen molar-refractivity contribution in [1.82, 2.24) is 15.2 Å². The molecule has 5 rings (SSSR count). The van der Waals surface area contributed by atoms with Gasteiger partial charge in [0.15, 0.2) is 17.2 Å². The Labute approximate surface area is 191 Å². The molecular formula is C25H25N3O5. The van der Waals surface area contributed by atoms with Crippen molar-refractivity contribution in [2.24, 2.45) is 0 Å². The number of fused-ring (bicyclic) bond motifs is 1. The zero-order valence-electron chi connectivity index (χ0n) is 18.2. The van der Waals surface area contributed by atoms with Crippen LogP contribution in [0.1, 0.15) is 40.9 Å². The van der Waals surface area contributed by atoms with Crippen molar-refractivity contribution in [1.29, 1.82) is 0 Å². The molecule has 2 aliphatic rings. The van der Waals surface area contributed by atoms with Gasteiger partial charge >= 0.3 is 0 Å². The molecule has 0 saturated carbocycles. The van der Waals surface area contributed by atoms with Crippen molar-refractivity contribution in [2.75, 3.05) is 19.9 Å². The number of benzene rings is 2. The third-order valence-electron chi connectivity index (χ3n) is 5.86. The Morgan fingerprint density at radius 3 is 2.52 bits per heavy atom. The fraction of sp³-hybridized carbons (Fsp3) is 0.320. The van der Waals surface area contributed by atoms with Gasteiger partial charge in [-0.2, -0.15) is 0 Å². The van der Waals surface area contributed by atoms with E-state index in [4.69, 9.17) is 13.9 Å². The van der Waals surface area contributed by atoms with E-state index in [9.17, 15) is 9.59 Å². The second-order valence-corrected chi connectivity index (χ2v) is 8.23. The van der Waals surface area contributed by atoms with Crippen LogP contribution in [0.5, 0.6) is 11.5 Å². The number of carbonyl (C=O) groups is 2. The average molecular weight is 447 g/mol. The summed E-state index contributed by atoms with van der Waals surface area (Å²) >= 11 is 0. The number of oxazole rings is 1. The van der Waals surface area contributed by atoms with Gasteiger partial charge in [-0.1, -0.05) is 18.2 Å². The SMILES string of the molecule is O=C(Cc1ccc2c(c1)OCO2)NCc1ccc(-c2nc(C(=O)N3CCCCC3)co2)cc1. The predicted molar refractivity (Wildman–Crippen MR) is 120 cm³/mol. The van der Waals surface area contributed by atoms with Gasteiger partial charge < -0.3 is 24.1 Å². The van der Waals surface area contributed by atoms with Crippen LogP contribution >= 0.6 is 0 Å². The van der Waals surface area contributed by atoms with Crippen molar-refractivity contribution >= 4 is 11.8 Å². The molecule has 0 unspecified atom stereocenters. The third kappa shape index (κ3) is 4.84. The Morgan fingerprint density at radius 2 is 1.70 bits per heavy atom. The maximum Gasteiger partial charge on any atom is 0.275 e. The summed E-state index contributed by atoms with van der Waals surface area (Å²) in [5.74, 6) is 1.63.